The molecule has 0 amide bonds. The molecule has 2 aliphatic heterocycles. The van der Waals surface area contributed by atoms with E-state index in [0.29, 0.717) is 42.7 Å². The molecule has 1 unspecified atom stereocenters. The fourth-order valence-corrected chi connectivity index (χ4v) is 5.22. The highest BCUT2D eigenvalue weighted by Gasteiger charge is 2.31. The van der Waals surface area contributed by atoms with Crippen molar-refractivity contribution in [2.45, 2.75) is 32.4 Å². The van der Waals surface area contributed by atoms with Crippen LogP contribution in [0.1, 0.15) is 25.3 Å². The summed E-state index contributed by atoms with van der Waals surface area (Å²) in [7, 11) is -2.88. The molecule has 1 fully saturated rings. The van der Waals surface area contributed by atoms with E-state index in [1.165, 1.54) is 0 Å². The number of benzene rings is 1. The average molecular weight is 360 g/mol. The van der Waals surface area contributed by atoms with Gasteiger partial charge in [-0.25, -0.2) is 8.42 Å². The predicted molar refractivity (Wildman–Crippen MR) is 90.2 cm³/mol. The number of ether oxygens (including phenoxy) is 2. The lowest BCUT2D eigenvalue weighted by molar-refractivity contribution is 0.214. The number of hydrogen-bond donors (Lipinski definition) is 0. The zero-order valence-electron chi connectivity index (χ0n) is 13.3. The zero-order chi connectivity index (χ0) is 16.4. The summed E-state index contributed by atoms with van der Waals surface area (Å²) in [5.41, 5.74) is 1.02. The van der Waals surface area contributed by atoms with Gasteiger partial charge in [-0.15, -0.1) is 0 Å². The molecule has 3 rings (SSSR count). The molecule has 0 aromatic heterocycles. The smallest absolute Gasteiger partial charge is 0.179 e. The molecule has 2 aliphatic rings. The number of sulfone groups is 1. The van der Waals surface area contributed by atoms with E-state index >= 15 is 0 Å². The average Bonchev–Trinajstić information content (AvgIpc) is 2.72. The number of nitrogens with zero attached hydrogens (tertiary/aromatic N) is 1. The second kappa shape index (κ2) is 6.87. The second-order valence-electron chi connectivity index (χ2n) is 6.08. The highest BCUT2D eigenvalue weighted by atomic mass is 35.5. The Balaban J connectivity index is 1.79. The third-order valence-corrected chi connectivity index (χ3v) is 6.41. The van der Waals surface area contributed by atoms with Gasteiger partial charge in [0, 0.05) is 19.0 Å². The summed E-state index contributed by atoms with van der Waals surface area (Å²) in [5.74, 6) is 1.83. The first-order valence-corrected chi connectivity index (χ1v) is 10.2. The van der Waals surface area contributed by atoms with Crippen LogP contribution >= 0.6 is 11.6 Å². The normalized spacial score (nSPS) is 23.0. The number of rotatable bonds is 4. The summed E-state index contributed by atoms with van der Waals surface area (Å²) in [4.78, 5) is 2.19. The summed E-state index contributed by atoms with van der Waals surface area (Å²) in [6, 6.07) is 3.93. The summed E-state index contributed by atoms with van der Waals surface area (Å²) in [5, 5.41) is 0.550. The van der Waals surface area contributed by atoms with Crippen LogP contribution in [0.2, 0.25) is 5.02 Å². The van der Waals surface area contributed by atoms with E-state index in [1.54, 1.807) is 0 Å². The number of halogens is 1. The molecule has 7 heteroatoms. The molecule has 5 nitrogen and oxygen atoms in total. The maximum absolute atomic E-state index is 11.7. The fraction of sp³-hybridized carbons (Fsp3) is 0.625. The van der Waals surface area contributed by atoms with Crippen molar-refractivity contribution < 1.29 is 17.9 Å². The lowest BCUT2D eigenvalue weighted by Crippen LogP contribution is -2.35. The molecular formula is C16H22ClNO4S. The minimum absolute atomic E-state index is 0.0831. The molecule has 128 valence electrons. The number of hydrogen-bond acceptors (Lipinski definition) is 5. The second-order valence-corrected chi connectivity index (χ2v) is 8.71. The molecule has 0 aliphatic carbocycles. The van der Waals surface area contributed by atoms with Crippen LogP contribution in [0.5, 0.6) is 11.5 Å². The minimum Gasteiger partial charge on any atom is -0.489 e. The van der Waals surface area contributed by atoms with Crippen molar-refractivity contribution in [3.05, 3.63) is 22.7 Å². The van der Waals surface area contributed by atoms with Crippen LogP contribution in [0.25, 0.3) is 0 Å². The quantitative estimate of drug-likeness (QED) is 0.826. The van der Waals surface area contributed by atoms with Gasteiger partial charge >= 0.3 is 0 Å². The molecule has 1 atom stereocenters. The first-order chi connectivity index (χ1) is 11.0. The van der Waals surface area contributed by atoms with E-state index < -0.39 is 9.84 Å². The van der Waals surface area contributed by atoms with E-state index in [9.17, 15) is 8.42 Å². The van der Waals surface area contributed by atoms with Crippen LogP contribution in [0.3, 0.4) is 0 Å². The van der Waals surface area contributed by atoms with Crippen LogP contribution in [0.15, 0.2) is 12.1 Å². The summed E-state index contributed by atoms with van der Waals surface area (Å²) >= 11 is 6.33. The molecule has 1 aromatic rings. The van der Waals surface area contributed by atoms with E-state index in [1.807, 2.05) is 12.1 Å². The Labute approximate surface area is 142 Å². The summed E-state index contributed by atoms with van der Waals surface area (Å²) in [6.07, 6.45) is 1.54. The van der Waals surface area contributed by atoms with Crippen molar-refractivity contribution >= 4 is 21.4 Å². The zero-order valence-corrected chi connectivity index (χ0v) is 14.8. The molecule has 2 heterocycles. The minimum atomic E-state index is -2.88. The monoisotopic (exact) mass is 359 g/mol. The SMILES string of the molecule is CCN(Cc1cc(Cl)c2c(c1)OCCCO2)C1CCS(=O)(=O)C1. The van der Waals surface area contributed by atoms with Gasteiger partial charge in [0.25, 0.3) is 0 Å². The van der Waals surface area contributed by atoms with E-state index in [2.05, 4.69) is 11.8 Å². The van der Waals surface area contributed by atoms with E-state index in [4.69, 9.17) is 21.1 Å². The Morgan fingerprint density at radius 2 is 2.09 bits per heavy atom. The molecule has 0 radical (unpaired) electrons. The van der Waals surface area contributed by atoms with Crippen LogP contribution in [0.4, 0.5) is 0 Å². The van der Waals surface area contributed by atoms with Crippen LogP contribution in [-0.2, 0) is 16.4 Å². The van der Waals surface area contributed by atoms with Gasteiger partial charge in [0.2, 0.25) is 0 Å². The molecule has 0 N–H and O–H groups in total. The summed E-state index contributed by atoms with van der Waals surface area (Å²) < 4.78 is 34.8. The Kier molecular flexibility index (Phi) is 5.04. The third-order valence-electron chi connectivity index (χ3n) is 4.38. The van der Waals surface area contributed by atoms with E-state index in [-0.39, 0.29) is 17.5 Å². The topological polar surface area (TPSA) is 55.8 Å². The van der Waals surface area contributed by atoms with Crippen LogP contribution in [-0.4, -0.2) is 50.6 Å². The molecular weight excluding hydrogens is 338 g/mol. The van der Waals surface area contributed by atoms with Crippen molar-refractivity contribution in [2.75, 3.05) is 31.3 Å². The largest absolute Gasteiger partial charge is 0.489 e. The molecule has 0 bridgehead atoms. The van der Waals surface area contributed by atoms with Crippen molar-refractivity contribution in [3.63, 3.8) is 0 Å². The van der Waals surface area contributed by atoms with Crippen LogP contribution < -0.4 is 9.47 Å². The van der Waals surface area contributed by atoms with Gasteiger partial charge in [-0.2, -0.15) is 0 Å². The maximum Gasteiger partial charge on any atom is 0.179 e. The van der Waals surface area contributed by atoms with Crippen molar-refractivity contribution in [3.8, 4) is 11.5 Å². The Bertz CT molecular complexity index is 677. The van der Waals surface area contributed by atoms with Crippen LogP contribution in [0, 0.1) is 0 Å². The highest BCUT2D eigenvalue weighted by Crippen LogP contribution is 2.38. The number of fused-ring (bicyclic) bond motifs is 1. The standard InChI is InChI=1S/C16H22ClNO4S/c1-2-18(13-4-7-23(19,20)11-13)10-12-8-14(17)16-15(9-12)21-5-3-6-22-16/h8-9,13H,2-7,10-11H2,1H3. The van der Waals surface area contributed by atoms with Gasteiger partial charge in [0.15, 0.2) is 21.3 Å². The third kappa shape index (κ3) is 3.92. The molecule has 23 heavy (non-hydrogen) atoms. The molecule has 0 saturated carbocycles. The maximum atomic E-state index is 11.7. The van der Waals surface area contributed by atoms with E-state index in [0.717, 1.165) is 18.5 Å². The molecule has 1 saturated heterocycles. The van der Waals surface area contributed by atoms with Gasteiger partial charge in [-0.3, -0.25) is 4.90 Å². The van der Waals surface area contributed by atoms with Gasteiger partial charge in [-0.05, 0) is 30.7 Å². The van der Waals surface area contributed by atoms with Gasteiger partial charge in [-0.1, -0.05) is 18.5 Å². The van der Waals surface area contributed by atoms with Gasteiger partial charge < -0.3 is 9.47 Å². The Morgan fingerprint density at radius 1 is 1.30 bits per heavy atom. The molecule has 1 aromatic carbocycles. The lowest BCUT2D eigenvalue weighted by atomic mass is 10.1. The molecule has 0 spiro atoms. The van der Waals surface area contributed by atoms with Crippen molar-refractivity contribution in [1.82, 2.24) is 4.90 Å². The van der Waals surface area contributed by atoms with Crippen molar-refractivity contribution in [2.24, 2.45) is 0 Å². The highest BCUT2D eigenvalue weighted by molar-refractivity contribution is 7.91. The predicted octanol–water partition coefficient (Wildman–Crippen LogP) is 2.51. The van der Waals surface area contributed by atoms with Gasteiger partial charge in [0.05, 0.1) is 29.7 Å². The lowest BCUT2D eigenvalue weighted by Gasteiger charge is -2.27. The van der Waals surface area contributed by atoms with Crippen molar-refractivity contribution in [1.29, 1.82) is 0 Å². The Hall–Kier alpha value is -0.980. The summed E-state index contributed by atoms with van der Waals surface area (Å²) in [6.45, 7) is 4.73. The fourth-order valence-electron chi connectivity index (χ4n) is 3.17. The van der Waals surface area contributed by atoms with Gasteiger partial charge in [0.1, 0.15) is 0 Å². The first-order valence-electron chi connectivity index (χ1n) is 8.01. The first kappa shape index (κ1) is 16.9. The Morgan fingerprint density at radius 3 is 2.78 bits per heavy atom.